The summed E-state index contributed by atoms with van der Waals surface area (Å²) in [6, 6.07) is 19.6. The topological polar surface area (TPSA) is 440 Å². The Morgan fingerprint density at radius 2 is 1.30 bits per heavy atom. The van der Waals surface area contributed by atoms with E-state index in [0.29, 0.717) is 178 Å². The molecule has 7 amide bonds. The van der Waals surface area contributed by atoms with Gasteiger partial charge in [0.2, 0.25) is 35.1 Å². The summed E-state index contributed by atoms with van der Waals surface area (Å²) in [7, 11) is 0. The molecule has 3 aliphatic heterocycles. The lowest BCUT2D eigenvalue weighted by molar-refractivity contribution is -0.175. The highest BCUT2D eigenvalue weighted by Crippen LogP contribution is 2.43. The second-order valence-corrected chi connectivity index (χ2v) is 28.3. The van der Waals surface area contributed by atoms with E-state index in [4.69, 9.17) is 67.6 Å². The molecule has 35 nitrogen and oxygen atoms in total. The fourth-order valence-corrected chi connectivity index (χ4v) is 13.9. The van der Waals surface area contributed by atoms with Gasteiger partial charge in [0.25, 0.3) is 17.4 Å². The normalized spacial score (nSPS) is 16.6. The Morgan fingerprint density at radius 1 is 0.667 bits per heavy atom. The maximum Gasteiger partial charge on any atom is 0.510 e. The molecule has 632 valence electrons. The molecule has 1 fully saturated rings. The Morgan fingerprint density at radius 3 is 1.93 bits per heavy atom. The third-order valence-electron chi connectivity index (χ3n) is 20.2. The van der Waals surface area contributed by atoms with Gasteiger partial charge in [0.1, 0.15) is 50.0 Å². The number of esters is 1. The first-order valence-corrected chi connectivity index (χ1v) is 39.8. The van der Waals surface area contributed by atoms with E-state index < -0.39 is 72.2 Å². The molecule has 0 saturated heterocycles. The molecule has 0 spiro atoms. The average molecular weight is 1630 g/mol. The maximum absolute atomic E-state index is 14.2. The van der Waals surface area contributed by atoms with Crippen LogP contribution in [-0.2, 0) is 146 Å². The van der Waals surface area contributed by atoms with Crippen LogP contribution in [0.3, 0.4) is 0 Å². The number of amides is 7. The van der Waals surface area contributed by atoms with Gasteiger partial charge in [-0.25, -0.2) is 19.3 Å². The molecular formula is C82H106N12O23. The van der Waals surface area contributed by atoms with Crippen LogP contribution in [0.5, 0.6) is 5.75 Å². The number of pyridine rings is 2. The summed E-state index contributed by atoms with van der Waals surface area (Å²) < 4.78 is 70.1. The number of nitrogens with one attached hydrogen (secondary N) is 5. The third-order valence-corrected chi connectivity index (χ3v) is 20.2. The average Bonchev–Trinajstić information content (AvgIpc) is 1.59. The van der Waals surface area contributed by atoms with Gasteiger partial charge >= 0.3 is 12.1 Å². The fourth-order valence-electron chi connectivity index (χ4n) is 13.9. The number of unbranched alkanes of at least 4 members (excludes halogenated alkanes) is 1. The van der Waals surface area contributed by atoms with Gasteiger partial charge in [0.15, 0.2) is 0 Å². The minimum absolute atomic E-state index is 0.0305. The first kappa shape index (κ1) is 88.9. The number of hydrogen-bond acceptors (Lipinski definition) is 27. The van der Waals surface area contributed by atoms with Crippen molar-refractivity contribution < 1.29 is 105 Å². The second kappa shape index (κ2) is 46.5. The van der Waals surface area contributed by atoms with Crippen molar-refractivity contribution in [2.45, 2.75) is 129 Å². The van der Waals surface area contributed by atoms with Gasteiger partial charge in [-0.05, 0) is 123 Å². The van der Waals surface area contributed by atoms with E-state index in [0.717, 1.165) is 34.9 Å². The van der Waals surface area contributed by atoms with Crippen LogP contribution in [-0.4, -0.2) is 239 Å². The van der Waals surface area contributed by atoms with Crippen LogP contribution >= 0.6 is 0 Å². The zero-order valence-electron chi connectivity index (χ0n) is 66.2. The zero-order valence-corrected chi connectivity index (χ0v) is 66.2. The second-order valence-electron chi connectivity index (χ2n) is 28.3. The van der Waals surface area contributed by atoms with Crippen molar-refractivity contribution >= 4 is 70.1 Å². The van der Waals surface area contributed by atoms with E-state index >= 15 is 0 Å². The largest absolute Gasteiger partial charge is 0.510 e. The van der Waals surface area contributed by atoms with Crippen molar-refractivity contribution in [2.75, 3.05) is 144 Å². The van der Waals surface area contributed by atoms with E-state index in [1.807, 2.05) is 13.0 Å². The van der Waals surface area contributed by atoms with Crippen molar-refractivity contribution in [3.63, 3.8) is 0 Å². The Balaban J connectivity index is 0.522. The quantitative estimate of drug-likeness (QED) is 0.0161. The lowest BCUT2D eigenvalue weighted by Crippen LogP contribution is -2.54. The summed E-state index contributed by atoms with van der Waals surface area (Å²) in [4.78, 5) is 138. The van der Waals surface area contributed by atoms with Gasteiger partial charge in [0, 0.05) is 59.8 Å². The van der Waals surface area contributed by atoms with Gasteiger partial charge in [-0.1, -0.05) is 61.5 Å². The van der Waals surface area contributed by atoms with Crippen LogP contribution in [0.2, 0.25) is 0 Å². The van der Waals surface area contributed by atoms with Crippen molar-refractivity contribution in [3.05, 3.63) is 147 Å². The van der Waals surface area contributed by atoms with E-state index in [1.54, 1.807) is 89.1 Å². The number of hydrogen-bond donors (Lipinski definition) is 7. The molecule has 35 heteroatoms. The predicted molar refractivity (Wildman–Crippen MR) is 420 cm³/mol. The number of aromatic nitrogens is 5. The number of rotatable bonds is 52. The Hall–Kier alpha value is -10.5. The molecule has 3 atom stereocenters. The first-order chi connectivity index (χ1) is 56.9. The van der Waals surface area contributed by atoms with Crippen LogP contribution in [0.15, 0.2) is 102 Å². The summed E-state index contributed by atoms with van der Waals surface area (Å²) in [5.41, 5.74) is 9.19. The fraction of sp³-hybridized carbons (Fsp3) is 0.524. The zero-order chi connectivity index (χ0) is 82.7. The predicted octanol–water partition coefficient (Wildman–Crippen LogP) is 3.89. The molecule has 3 aromatic carbocycles. The minimum Gasteiger partial charge on any atom is -0.508 e. The molecule has 0 bridgehead atoms. The molecule has 1 aliphatic carbocycles. The van der Waals surface area contributed by atoms with Crippen molar-refractivity contribution in [1.82, 2.24) is 50.7 Å². The van der Waals surface area contributed by atoms with E-state index in [1.165, 1.54) is 23.1 Å². The number of ether oxygens (including phenoxy) is 12. The smallest absolute Gasteiger partial charge is 0.508 e. The molecule has 3 unspecified atom stereocenters. The summed E-state index contributed by atoms with van der Waals surface area (Å²) in [5.74, 6) is -3.65. The van der Waals surface area contributed by atoms with Gasteiger partial charge in [0.05, 0.1) is 154 Å². The number of benzene rings is 3. The number of phenolic OH excluding ortho intramolecular Hbond substituents is 1. The van der Waals surface area contributed by atoms with Gasteiger partial charge in [-0.15, -0.1) is 5.10 Å². The highest BCUT2D eigenvalue weighted by Gasteiger charge is 2.51. The van der Waals surface area contributed by atoms with Crippen molar-refractivity contribution in [1.29, 1.82) is 0 Å². The monoisotopic (exact) mass is 1630 g/mol. The number of carbonyl (C=O) groups is 9. The number of nitrogens with zero attached hydrogens (tertiary/aromatic N) is 6. The SMILES string of the molecule is CCc1c2c(nc3ccc(O)cc13)-c1cc3c(c(=O)n1C2)COC(=O)C3(CC)OC(=O)OCc1ccc(NC(=O)C(CCCCN)NC(=O)C(Cc2ccccc2)NC(=O)COCC(=O)NCCOCCOCCOCCOCCOCCOCCOCCOCCn2cc(CNC(=O)C3CCC(CN4C(=O)C=CC4=O)CC3)nn2)cc1. The lowest BCUT2D eigenvalue weighted by Gasteiger charge is -2.35. The van der Waals surface area contributed by atoms with Gasteiger partial charge in [-0.2, -0.15) is 0 Å². The number of carbonyl (C=O) groups excluding carboxylic acids is 9. The Bertz CT molecular complexity index is 4380. The van der Waals surface area contributed by atoms with Crippen LogP contribution in [0.4, 0.5) is 10.5 Å². The van der Waals surface area contributed by atoms with E-state index in [-0.39, 0.29) is 112 Å². The Labute approximate surface area is 676 Å². The molecule has 4 aliphatic rings. The molecule has 0 radical (unpaired) electrons. The van der Waals surface area contributed by atoms with Gasteiger partial charge in [-0.3, -0.25) is 43.3 Å². The molecule has 6 aromatic rings. The lowest BCUT2D eigenvalue weighted by atomic mass is 9.81. The Kier molecular flexibility index (Phi) is 35.3. The summed E-state index contributed by atoms with van der Waals surface area (Å²) in [5, 5.41) is 33.3. The molecule has 117 heavy (non-hydrogen) atoms. The number of anilines is 1. The number of imide groups is 1. The molecule has 3 aromatic heterocycles. The third kappa shape index (κ3) is 26.5. The first-order valence-electron chi connectivity index (χ1n) is 39.8. The standard InChI is InChI=1S/C82H106N12O23/c1-3-62-63-45-61(95)21-22-67(63)88-75-64(62)50-93-70(75)46-66-65(79(93)103)52-115-80(104)82(66,4-2)117-81(105)116-51-57-15-19-59(20-16-57)86-77(101)68(12-8-9-25-83)89-78(102)69(44-55-10-6-5-7-11-55)87-72(97)54-114-53-71(96)84-26-28-106-30-32-108-34-36-110-38-40-112-42-43-113-41-39-111-37-35-109-33-31-107-29-27-92-49-60(90-91-92)47-85-76(100)58-17-13-56(14-18-58)48-94-73(98)23-24-74(94)99/h5-7,10-11,15-16,19-24,45-46,49,56,58,68-69,95H,3-4,8-9,12-14,17-18,25-44,47-48,50-54,83H2,1-2H3,(H,84,96)(H,85,100)(H,86,101)(H,87,97)(H,89,102). The highest BCUT2D eigenvalue weighted by molar-refractivity contribution is 6.13. The number of aryl methyl sites for hydroxylation is 1. The van der Waals surface area contributed by atoms with Crippen LogP contribution in [0.1, 0.15) is 104 Å². The number of fused-ring (bicyclic) bond motifs is 5. The van der Waals surface area contributed by atoms with Gasteiger partial charge < -0.3 is 98.8 Å². The molecule has 8 N–H and O–H groups in total. The molecular weight excluding hydrogens is 1520 g/mol. The van der Waals surface area contributed by atoms with Crippen LogP contribution in [0, 0.1) is 11.8 Å². The summed E-state index contributed by atoms with van der Waals surface area (Å²) >= 11 is 0. The van der Waals surface area contributed by atoms with Crippen LogP contribution in [0.25, 0.3) is 22.3 Å². The summed E-state index contributed by atoms with van der Waals surface area (Å²) in [6.07, 6.45) is 7.93. The number of nitrogens with two attached hydrogens (primary N) is 1. The highest BCUT2D eigenvalue weighted by atomic mass is 16.7. The summed E-state index contributed by atoms with van der Waals surface area (Å²) in [6.45, 7) is 9.79. The maximum atomic E-state index is 14.2. The van der Waals surface area contributed by atoms with Crippen molar-refractivity contribution in [3.8, 4) is 17.1 Å². The number of cyclic esters (lactones) is 1. The minimum atomic E-state index is -2.03. The molecule has 10 rings (SSSR count). The van der Waals surface area contributed by atoms with Crippen molar-refractivity contribution in [2.24, 2.45) is 17.6 Å². The van der Waals surface area contributed by atoms with Crippen LogP contribution < -0.4 is 37.9 Å². The van der Waals surface area contributed by atoms with E-state index in [2.05, 4.69) is 36.9 Å². The van der Waals surface area contributed by atoms with E-state index in [9.17, 15) is 53.1 Å². The number of phenols is 1. The molecule has 6 heterocycles. The number of aromatic hydroxyl groups is 1. The molecule has 1 saturated carbocycles.